The maximum atomic E-state index is 12.8. The maximum absolute atomic E-state index is 12.8. The summed E-state index contributed by atoms with van der Waals surface area (Å²) < 4.78 is 5.71. The summed E-state index contributed by atoms with van der Waals surface area (Å²) in [4.78, 5) is 17.4. The number of nitrogens with one attached hydrogen (secondary N) is 1. The minimum absolute atomic E-state index is 0. The van der Waals surface area contributed by atoms with Crippen LogP contribution in [-0.4, -0.2) is 67.6 Å². The Labute approximate surface area is 163 Å². The second-order valence-electron chi connectivity index (χ2n) is 7.09. The molecule has 26 heavy (non-hydrogen) atoms. The molecule has 1 unspecified atom stereocenters. The van der Waals surface area contributed by atoms with Crippen LogP contribution < -0.4 is 10.1 Å². The van der Waals surface area contributed by atoms with Crippen molar-refractivity contribution < 1.29 is 9.53 Å². The summed E-state index contributed by atoms with van der Waals surface area (Å²) in [5, 5.41) is 3.43. The zero-order chi connectivity index (χ0) is 17.3. The predicted octanol–water partition coefficient (Wildman–Crippen LogP) is 2.55. The molecule has 1 atom stereocenters. The van der Waals surface area contributed by atoms with Crippen LogP contribution in [0, 0.1) is 0 Å². The van der Waals surface area contributed by atoms with Crippen molar-refractivity contribution in [3.05, 3.63) is 30.3 Å². The standard InChI is InChI=1S/C20H31N3O2.ClH/c24-20(17-25-19-9-3-1-4-10-19)23(18-8-7-11-21-16-18)15-14-22-12-5-2-6-13-22;/h1,3-4,9-10,18,21H,2,5-8,11-17H2;1H. The van der Waals surface area contributed by atoms with Gasteiger partial charge >= 0.3 is 0 Å². The molecule has 0 aliphatic carbocycles. The number of ether oxygens (including phenoxy) is 1. The van der Waals surface area contributed by atoms with Gasteiger partial charge in [0, 0.05) is 25.7 Å². The molecule has 0 radical (unpaired) electrons. The predicted molar refractivity (Wildman–Crippen MR) is 107 cm³/mol. The molecular weight excluding hydrogens is 350 g/mol. The van der Waals surface area contributed by atoms with Gasteiger partial charge in [0.1, 0.15) is 5.75 Å². The van der Waals surface area contributed by atoms with E-state index in [1.807, 2.05) is 30.3 Å². The van der Waals surface area contributed by atoms with Crippen molar-refractivity contribution in [2.45, 2.75) is 38.1 Å². The molecule has 1 aromatic carbocycles. The van der Waals surface area contributed by atoms with E-state index in [0.717, 1.165) is 44.8 Å². The first-order valence-electron chi connectivity index (χ1n) is 9.73. The lowest BCUT2D eigenvalue weighted by Crippen LogP contribution is -2.52. The van der Waals surface area contributed by atoms with Crippen LogP contribution in [0.3, 0.4) is 0 Å². The Morgan fingerprint density at radius 2 is 1.92 bits per heavy atom. The summed E-state index contributed by atoms with van der Waals surface area (Å²) in [7, 11) is 0. The third-order valence-electron chi connectivity index (χ3n) is 5.24. The average molecular weight is 382 g/mol. The van der Waals surface area contributed by atoms with E-state index in [2.05, 4.69) is 15.1 Å². The van der Waals surface area contributed by atoms with E-state index in [-0.39, 0.29) is 24.9 Å². The van der Waals surface area contributed by atoms with Crippen LogP contribution in [0.4, 0.5) is 0 Å². The van der Waals surface area contributed by atoms with Gasteiger partial charge in [0.05, 0.1) is 0 Å². The minimum Gasteiger partial charge on any atom is -0.484 e. The molecule has 1 N–H and O–H groups in total. The van der Waals surface area contributed by atoms with E-state index in [4.69, 9.17) is 4.74 Å². The number of carbonyl (C=O) groups excluding carboxylic acids is 1. The number of piperidine rings is 2. The number of nitrogens with zero attached hydrogens (tertiary/aromatic N) is 2. The fourth-order valence-electron chi connectivity index (χ4n) is 3.79. The van der Waals surface area contributed by atoms with Crippen LogP contribution >= 0.6 is 12.4 Å². The first kappa shape index (κ1) is 21.0. The van der Waals surface area contributed by atoms with Crippen molar-refractivity contribution in [3.8, 4) is 5.75 Å². The fourth-order valence-corrected chi connectivity index (χ4v) is 3.79. The van der Waals surface area contributed by atoms with Crippen LogP contribution in [0.2, 0.25) is 0 Å². The van der Waals surface area contributed by atoms with E-state index >= 15 is 0 Å². The highest BCUT2D eigenvalue weighted by Gasteiger charge is 2.26. The second-order valence-corrected chi connectivity index (χ2v) is 7.09. The largest absolute Gasteiger partial charge is 0.484 e. The summed E-state index contributed by atoms with van der Waals surface area (Å²) in [6.07, 6.45) is 6.14. The Hall–Kier alpha value is -1.30. The van der Waals surface area contributed by atoms with Crippen molar-refractivity contribution in [1.29, 1.82) is 0 Å². The number of halogens is 1. The Kier molecular flexibility index (Phi) is 9.23. The summed E-state index contributed by atoms with van der Waals surface area (Å²) in [6, 6.07) is 9.90. The zero-order valence-electron chi connectivity index (χ0n) is 15.6. The van der Waals surface area contributed by atoms with Gasteiger partial charge in [0.15, 0.2) is 6.61 Å². The number of likely N-dealkylation sites (tertiary alicyclic amines) is 1. The summed E-state index contributed by atoms with van der Waals surface area (Å²) in [5.41, 5.74) is 0. The summed E-state index contributed by atoms with van der Waals surface area (Å²) in [5.74, 6) is 0.864. The number of benzene rings is 1. The molecule has 0 bridgehead atoms. The van der Waals surface area contributed by atoms with Gasteiger partial charge in [-0.15, -0.1) is 12.4 Å². The zero-order valence-corrected chi connectivity index (χ0v) is 16.4. The second kappa shape index (κ2) is 11.4. The normalized spacial score (nSPS) is 20.8. The topological polar surface area (TPSA) is 44.8 Å². The number of amides is 1. The first-order valence-corrected chi connectivity index (χ1v) is 9.73. The first-order chi connectivity index (χ1) is 12.3. The molecule has 146 valence electrons. The molecule has 3 rings (SSSR count). The van der Waals surface area contributed by atoms with Crippen LogP contribution in [0.25, 0.3) is 0 Å². The van der Waals surface area contributed by atoms with Gasteiger partial charge in [0.2, 0.25) is 0 Å². The SMILES string of the molecule is Cl.O=C(COc1ccccc1)N(CCN1CCCCC1)C1CCCNC1. The van der Waals surface area contributed by atoms with Crippen LogP contribution in [0.1, 0.15) is 32.1 Å². The molecule has 2 heterocycles. The third kappa shape index (κ3) is 6.45. The van der Waals surface area contributed by atoms with Crippen LogP contribution in [0.15, 0.2) is 30.3 Å². The lowest BCUT2D eigenvalue weighted by molar-refractivity contribution is -0.136. The highest BCUT2D eigenvalue weighted by Crippen LogP contribution is 2.14. The Morgan fingerprint density at radius 1 is 1.15 bits per heavy atom. The smallest absolute Gasteiger partial charge is 0.260 e. The molecule has 1 aromatic rings. The molecule has 0 saturated carbocycles. The number of rotatable bonds is 7. The lowest BCUT2D eigenvalue weighted by Gasteiger charge is -2.36. The van der Waals surface area contributed by atoms with Gasteiger partial charge in [-0.3, -0.25) is 4.79 Å². The van der Waals surface area contributed by atoms with Gasteiger partial charge in [-0.05, 0) is 57.5 Å². The molecule has 5 nitrogen and oxygen atoms in total. The van der Waals surface area contributed by atoms with E-state index in [1.54, 1.807) is 0 Å². The summed E-state index contributed by atoms with van der Waals surface area (Å²) in [6.45, 7) is 6.22. The van der Waals surface area contributed by atoms with Gasteiger partial charge in [0.25, 0.3) is 5.91 Å². The van der Waals surface area contributed by atoms with Gasteiger partial charge < -0.3 is 19.9 Å². The molecule has 2 saturated heterocycles. The number of para-hydroxylation sites is 1. The van der Waals surface area contributed by atoms with Gasteiger partial charge in [-0.1, -0.05) is 24.6 Å². The highest BCUT2D eigenvalue weighted by molar-refractivity contribution is 5.85. The van der Waals surface area contributed by atoms with Crippen molar-refractivity contribution in [1.82, 2.24) is 15.1 Å². The molecule has 2 aliphatic rings. The number of hydrogen-bond acceptors (Lipinski definition) is 4. The van der Waals surface area contributed by atoms with Gasteiger partial charge in [-0.25, -0.2) is 0 Å². The van der Waals surface area contributed by atoms with E-state index < -0.39 is 0 Å². The molecular formula is C20H32ClN3O2. The molecule has 2 fully saturated rings. The minimum atomic E-state index is 0. The quantitative estimate of drug-likeness (QED) is 0.788. The monoisotopic (exact) mass is 381 g/mol. The Morgan fingerprint density at radius 3 is 2.62 bits per heavy atom. The Bertz CT molecular complexity index is 517. The van der Waals surface area contributed by atoms with Crippen LogP contribution in [0.5, 0.6) is 5.75 Å². The maximum Gasteiger partial charge on any atom is 0.260 e. The molecule has 0 spiro atoms. The van der Waals surface area contributed by atoms with Crippen LogP contribution in [-0.2, 0) is 4.79 Å². The van der Waals surface area contributed by atoms with Crippen molar-refractivity contribution in [2.24, 2.45) is 0 Å². The third-order valence-corrected chi connectivity index (χ3v) is 5.24. The number of hydrogen-bond donors (Lipinski definition) is 1. The molecule has 2 aliphatic heterocycles. The van der Waals surface area contributed by atoms with E-state index in [1.165, 1.54) is 32.4 Å². The van der Waals surface area contributed by atoms with E-state index in [0.29, 0.717) is 6.04 Å². The summed E-state index contributed by atoms with van der Waals surface area (Å²) >= 11 is 0. The number of carbonyl (C=O) groups is 1. The highest BCUT2D eigenvalue weighted by atomic mass is 35.5. The van der Waals surface area contributed by atoms with Gasteiger partial charge in [-0.2, -0.15) is 0 Å². The Balaban J connectivity index is 0.00000243. The van der Waals surface area contributed by atoms with Crippen molar-refractivity contribution in [2.75, 3.05) is 45.9 Å². The molecule has 1 amide bonds. The van der Waals surface area contributed by atoms with Crippen molar-refractivity contribution >= 4 is 18.3 Å². The molecule has 6 heteroatoms. The van der Waals surface area contributed by atoms with E-state index in [9.17, 15) is 4.79 Å². The van der Waals surface area contributed by atoms with Crippen molar-refractivity contribution in [3.63, 3.8) is 0 Å². The average Bonchev–Trinajstić information content (AvgIpc) is 2.69. The lowest BCUT2D eigenvalue weighted by atomic mass is 10.1. The fraction of sp³-hybridized carbons (Fsp3) is 0.650. The molecule has 0 aromatic heterocycles.